The van der Waals surface area contributed by atoms with Crippen LogP contribution < -0.4 is 5.43 Å². The van der Waals surface area contributed by atoms with E-state index in [0.717, 1.165) is 34.1 Å². The molecule has 29 heavy (non-hydrogen) atoms. The molecule has 3 nitrogen and oxygen atoms in total. The average molecular weight is 399 g/mol. The van der Waals surface area contributed by atoms with E-state index in [1.807, 2.05) is 30.3 Å². The number of carbonyl (C=O) groups is 1. The highest BCUT2D eigenvalue weighted by molar-refractivity contribution is 7.14. The minimum Gasteiger partial charge on any atom is -0.266 e. The molecule has 4 aromatic rings. The van der Waals surface area contributed by atoms with Gasteiger partial charge in [-0.25, -0.2) is 5.43 Å². The summed E-state index contributed by atoms with van der Waals surface area (Å²) in [5.74, 6) is 0.573. The summed E-state index contributed by atoms with van der Waals surface area (Å²) in [5.41, 5.74) is 5.10. The van der Waals surface area contributed by atoms with Gasteiger partial charge in [-0.15, -0.1) is 11.3 Å². The number of nitrogens with zero attached hydrogens (tertiary/aromatic N) is 1. The number of hydrogen-bond acceptors (Lipinski definition) is 3. The summed E-state index contributed by atoms with van der Waals surface area (Å²) in [6.07, 6.45) is 5.14. The number of rotatable bonds is 3. The van der Waals surface area contributed by atoms with Crippen LogP contribution in [0.2, 0.25) is 0 Å². The monoisotopic (exact) mass is 398 g/mol. The Labute approximate surface area is 174 Å². The van der Waals surface area contributed by atoms with Gasteiger partial charge in [0.1, 0.15) is 0 Å². The predicted molar refractivity (Wildman–Crippen MR) is 122 cm³/mol. The van der Waals surface area contributed by atoms with Gasteiger partial charge in [0.25, 0.3) is 5.91 Å². The van der Waals surface area contributed by atoms with Gasteiger partial charge in [-0.05, 0) is 64.4 Å². The van der Waals surface area contributed by atoms with Crippen LogP contribution in [0.4, 0.5) is 0 Å². The molecular formula is C25H22N2OS. The van der Waals surface area contributed by atoms with Gasteiger partial charge in [0.15, 0.2) is 0 Å². The Morgan fingerprint density at radius 2 is 1.76 bits per heavy atom. The van der Waals surface area contributed by atoms with Gasteiger partial charge in [-0.2, -0.15) is 5.10 Å². The fourth-order valence-corrected chi connectivity index (χ4v) is 5.31. The van der Waals surface area contributed by atoms with Crippen molar-refractivity contribution in [3.8, 4) is 0 Å². The van der Waals surface area contributed by atoms with Gasteiger partial charge in [0, 0.05) is 10.4 Å². The van der Waals surface area contributed by atoms with Crippen molar-refractivity contribution in [2.45, 2.75) is 26.2 Å². The zero-order valence-electron chi connectivity index (χ0n) is 16.3. The summed E-state index contributed by atoms with van der Waals surface area (Å²) < 4.78 is 0. The van der Waals surface area contributed by atoms with Crippen LogP contribution >= 0.6 is 11.3 Å². The quantitative estimate of drug-likeness (QED) is 0.259. The van der Waals surface area contributed by atoms with Crippen LogP contribution in [0.15, 0.2) is 65.8 Å². The smallest absolute Gasteiger partial charge is 0.266 e. The van der Waals surface area contributed by atoms with E-state index < -0.39 is 0 Å². The Morgan fingerprint density at radius 1 is 1.07 bits per heavy atom. The minimum absolute atomic E-state index is 0.127. The Morgan fingerprint density at radius 3 is 2.48 bits per heavy atom. The van der Waals surface area contributed by atoms with Crippen molar-refractivity contribution in [1.82, 2.24) is 5.43 Å². The molecule has 144 valence electrons. The van der Waals surface area contributed by atoms with Crippen LogP contribution in [0.25, 0.3) is 21.5 Å². The van der Waals surface area contributed by atoms with Gasteiger partial charge in [-0.1, -0.05) is 55.5 Å². The van der Waals surface area contributed by atoms with Gasteiger partial charge >= 0.3 is 0 Å². The van der Waals surface area contributed by atoms with Gasteiger partial charge in [0.2, 0.25) is 0 Å². The summed E-state index contributed by atoms with van der Waals surface area (Å²) in [7, 11) is 0. The van der Waals surface area contributed by atoms with E-state index in [0.29, 0.717) is 5.92 Å². The second-order valence-electron chi connectivity index (χ2n) is 7.84. The zero-order valence-corrected chi connectivity index (χ0v) is 17.1. The fraction of sp³-hybridized carbons (Fsp3) is 0.200. The lowest BCUT2D eigenvalue weighted by atomic mass is 9.90. The molecule has 1 amide bonds. The molecule has 0 unspecified atom stereocenters. The molecule has 0 aliphatic heterocycles. The summed E-state index contributed by atoms with van der Waals surface area (Å²) >= 11 is 1.61. The molecule has 0 radical (unpaired) electrons. The topological polar surface area (TPSA) is 41.5 Å². The van der Waals surface area contributed by atoms with Crippen LogP contribution in [-0.2, 0) is 12.8 Å². The zero-order chi connectivity index (χ0) is 19.8. The van der Waals surface area contributed by atoms with Crippen molar-refractivity contribution in [2.24, 2.45) is 11.0 Å². The second kappa shape index (κ2) is 7.45. The third kappa shape index (κ3) is 3.45. The molecule has 1 aliphatic rings. The summed E-state index contributed by atoms with van der Waals surface area (Å²) in [6.45, 7) is 2.28. The van der Waals surface area contributed by atoms with E-state index in [2.05, 4.69) is 47.8 Å². The molecule has 1 aliphatic carbocycles. The first-order valence-electron chi connectivity index (χ1n) is 10.0. The number of hydrogen-bond donors (Lipinski definition) is 1. The third-order valence-corrected chi connectivity index (χ3v) is 6.96. The lowest BCUT2D eigenvalue weighted by Gasteiger charge is -2.16. The number of hydrazone groups is 1. The van der Waals surface area contributed by atoms with Crippen LogP contribution in [0.3, 0.4) is 0 Å². The normalized spacial score (nSPS) is 16.4. The second-order valence-corrected chi connectivity index (χ2v) is 8.98. The largest absolute Gasteiger partial charge is 0.281 e. The fourth-order valence-electron chi connectivity index (χ4n) is 4.22. The standard InChI is InChI=1S/C25H22N2OS/c1-16-10-11-23-19(12-16)14-24(29-23)25(28)27-26-15-22-20-8-4-2-6-17(20)13-18-7-3-5-9-21(18)22/h2-9,13-16H,10-12H2,1H3,(H,27,28)/b26-15-/t16-/m1/s1. The summed E-state index contributed by atoms with van der Waals surface area (Å²) in [4.78, 5) is 14.8. The molecule has 1 atom stereocenters. The highest BCUT2D eigenvalue weighted by Crippen LogP contribution is 2.32. The van der Waals surface area contributed by atoms with Gasteiger partial charge < -0.3 is 0 Å². The molecule has 0 spiro atoms. The molecule has 1 aromatic heterocycles. The summed E-state index contributed by atoms with van der Waals surface area (Å²) in [5, 5.41) is 8.91. The highest BCUT2D eigenvalue weighted by Gasteiger charge is 2.20. The molecule has 0 bridgehead atoms. The third-order valence-electron chi connectivity index (χ3n) is 5.73. The first-order chi connectivity index (χ1) is 14.2. The Hall–Kier alpha value is -2.98. The van der Waals surface area contributed by atoms with Gasteiger partial charge in [0.05, 0.1) is 11.1 Å². The number of benzene rings is 3. The van der Waals surface area contributed by atoms with E-state index >= 15 is 0 Å². The van der Waals surface area contributed by atoms with Crippen LogP contribution in [0, 0.1) is 5.92 Å². The number of thiophene rings is 1. The molecular weight excluding hydrogens is 376 g/mol. The van der Waals surface area contributed by atoms with Crippen LogP contribution in [0.5, 0.6) is 0 Å². The number of amides is 1. The van der Waals surface area contributed by atoms with Crippen LogP contribution in [0.1, 0.15) is 39.0 Å². The first kappa shape index (κ1) is 18.1. The molecule has 5 rings (SSSR count). The van der Waals surface area contributed by atoms with Crippen molar-refractivity contribution in [1.29, 1.82) is 0 Å². The van der Waals surface area contributed by atoms with Crippen molar-refractivity contribution in [2.75, 3.05) is 0 Å². The van der Waals surface area contributed by atoms with E-state index in [1.54, 1.807) is 17.6 Å². The SMILES string of the molecule is C[C@@H]1CCc2sc(C(=O)N/N=C\c3c4ccccc4cc4ccccc34)cc2C1. The Balaban J connectivity index is 1.44. The first-order valence-corrected chi connectivity index (χ1v) is 10.9. The maximum atomic E-state index is 12.6. The lowest BCUT2D eigenvalue weighted by molar-refractivity contribution is 0.0959. The van der Waals surface area contributed by atoms with E-state index in [4.69, 9.17) is 0 Å². The van der Waals surface area contributed by atoms with Crippen molar-refractivity contribution in [3.05, 3.63) is 81.5 Å². The number of fused-ring (bicyclic) bond motifs is 3. The minimum atomic E-state index is -0.127. The average Bonchev–Trinajstić information content (AvgIpc) is 3.16. The predicted octanol–water partition coefficient (Wildman–Crippen LogP) is 5.94. The molecule has 0 saturated carbocycles. The molecule has 1 N–H and O–H groups in total. The van der Waals surface area contributed by atoms with Crippen molar-refractivity contribution in [3.63, 3.8) is 0 Å². The van der Waals surface area contributed by atoms with E-state index in [-0.39, 0.29) is 5.91 Å². The summed E-state index contributed by atoms with van der Waals surface area (Å²) in [6, 6.07) is 20.8. The Kier molecular flexibility index (Phi) is 4.64. The molecule has 3 aromatic carbocycles. The molecule has 0 saturated heterocycles. The number of nitrogens with one attached hydrogen (secondary N) is 1. The van der Waals surface area contributed by atoms with Crippen molar-refractivity contribution < 1.29 is 4.79 Å². The molecule has 0 fully saturated rings. The lowest BCUT2D eigenvalue weighted by Crippen LogP contribution is -2.16. The highest BCUT2D eigenvalue weighted by atomic mass is 32.1. The number of carbonyl (C=O) groups excluding carboxylic acids is 1. The van der Waals surface area contributed by atoms with Crippen molar-refractivity contribution >= 4 is 45.0 Å². The van der Waals surface area contributed by atoms with E-state index in [9.17, 15) is 4.79 Å². The molecule has 1 heterocycles. The Bertz CT molecular complexity index is 1200. The molecule has 4 heteroatoms. The number of aryl methyl sites for hydroxylation is 1. The maximum absolute atomic E-state index is 12.6. The van der Waals surface area contributed by atoms with Gasteiger partial charge in [-0.3, -0.25) is 4.79 Å². The maximum Gasteiger partial charge on any atom is 0.281 e. The van der Waals surface area contributed by atoms with E-state index in [1.165, 1.54) is 27.6 Å². The van der Waals surface area contributed by atoms with Crippen LogP contribution in [-0.4, -0.2) is 12.1 Å².